The Morgan fingerprint density at radius 3 is 2.00 bits per heavy atom. The lowest BCUT2D eigenvalue weighted by Crippen LogP contribution is -2.06. The fourth-order valence-corrected chi connectivity index (χ4v) is 0.239. The fraction of sp³-hybridized carbons (Fsp3) is 0.714. The number of hydrogen-bond acceptors (Lipinski definition) is 2. The van der Waals surface area contributed by atoms with Gasteiger partial charge in [0.15, 0.2) is 0 Å². The lowest BCUT2D eigenvalue weighted by Gasteiger charge is -2.01. The molecule has 1 amide bonds. The number of aliphatic imine (C=N–C) groups is 1. The summed E-state index contributed by atoms with van der Waals surface area (Å²) in [5, 5.41) is 0. The van der Waals surface area contributed by atoms with Crippen LogP contribution in [-0.2, 0) is 4.74 Å². The van der Waals surface area contributed by atoms with Crippen LogP contribution in [-0.4, -0.2) is 18.9 Å². The third-order valence-electron chi connectivity index (χ3n) is 0.466. The molecule has 0 heterocycles. The molecule has 60 valence electrons. The minimum atomic E-state index is -0.611. The van der Waals surface area contributed by atoms with Gasteiger partial charge in [0.25, 0.3) is 0 Å². The van der Waals surface area contributed by atoms with Gasteiger partial charge in [-0.05, 0) is 20.6 Å². The van der Waals surface area contributed by atoms with Crippen LogP contribution in [0.15, 0.2) is 4.99 Å². The molecular weight excluding hydrogens is 130 g/mol. The SMILES string of the molecule is C=NC(=O)OC(C)C.CC. The van der Waals surface area contributed by atoms with E-state index in [1.807, 2.05) is 13.8 Å². The van der Waals surface area contributed by atoms with Gasteiger partial charge < -0.3 is 4.74 Å². The first-order chi connectivity index (χ1) is 4.66. The number of hydrogen-bond donors (Lipinski definition) is 0. The zero-order valence-corrected chi connectivity index (χ0v) is 7.05. The standard InChI is InChI=1S/C5H9NO2.C2H6/c1-4(2)8-5(7)6-3;1-2/h4H,3H2,1-2H3;1-2H3. The molecule has 0 atom stereocenters. The summed E-state index contributed by atoms with van der Waals surface area (Å²) in [4.78, 5) is 13.2. The number of ether oxygens (including phenoxy) is 1. The minimum absolute atomic E-state index is 0.104. The van der Waals surface area contributed by atoms with Crippen molar-refractivity contribution in [1.29, 1.82) is 0 Å². The van der Waals surface area contributed by atoms with Gasteiger partial charge in [-0.2, -0.15) is 4.99 Å². The van der Waals surface area contributed by atoms with E-state index in [0.29, 0.717) is 0 Å². The molecule has 0 fully saturated rings. The van der Waals surface area contributed by atoms with E-state index in [1.165, 1.54) is 0 Å². The summed E-state index contributed by atoms with van der Waals surface area (Å²) >= 11 is 0. The number of nitrogens with zero attached hydrogens (tertiary/aromatic N) is 1. The molecule has 0 aliphatic rings. The molecule has 3 nitrogen and oxygen atoms in total. The van der Waals surface area contributed by atoms with Crippen LogP contribution in [0.25, 0.3) is 0 Å². The van der Waals surface area contributed by atoms with Gasteiger partial charge in [0.05, 0.1) is 6.10 Å². The van der Waals surface area contributed by atoms with Crippen molar-refractivity contribution in [3.05, 3.63) is 0 Å². The predicted octanol–water partition coefficient (Wildman–Crippen LogP) is 2.26. The van der Waals surface area contributed by atoms with Crippen LogP contribution in [0.3, 0.4) is 0 Å². The number of rotatable bonds is 1. The molecule has 0 spiro atoms. The molecule has 0 aromatic carbocycles. The summed E-state index contributed by atoms with van der Waals surface area (Å²) in [7, 11) is 0. The summed E-state index contributed by atoms with van der Waals surface area (Å²) in [6.45, 7) is 10.5. The maximum Gasteiger partial charge on any atom is 0.433 e. The maximum atomic E-state index is 10.2. The highest BCUT2D eigenvalue weighted by Gasteiger charge is 1.97. The van der Waals surface area contributed by atoms with Crippen molar-refractivity contribution < 1.29 is 9.53 Å². The van der Waals surface area contributed by atoms with Crippen molar-refractivity contribution in [2.75, 3.05) is 0 Å². The highest BCUT2D eigenvalue weighted by atomic mass is 16.6. The van der Waals surface area contributed by atoms with Gasteiger partial charge in [0.2, 0.25) is 0 Å². The van der Waals surface area contributed by atoms with E-state index in [4.69, 9.17) is 0 Å². The Morgan fingerprint density at radius 2 is 1.90 bits per heavy atom. The van der Waals surface area contributed by atoms with Gasteiger partial charge >= 0.3 is 6.09 Å². The van der Waals surface area contributed by atoms with E-state index in [-0.39, 0.29) is 6.10 Å². The summed E-state index contributed by atoms with van der Waals surface area (Å²) in [6, 6.07) is 0. The van der Waals surface area contributed by atoms with E-state index < -0.39 is 6.09 Å². The quantitative estimate of drug-likeness (QED) is 0.531. The lowest BCUT2D eigenvalue weighted by molar-refractivity contribution is 0.126. The van der Waals surface area contributed by atoms with Crippen LogP contribution in [0, 0.1) is 0 Å². The van der Waals surface area contributed by atoms with E-state index in [9.17, 15) is 4.79 Å². The molecule has 0 N–H and O–H groups in total. The van der Waals surface area contributed by atoms with Crippen molar-refractivity contribution in [2.45, 2.75) is 33.8 Å². The van der Waals surface area contributed by atoms with Crippen LogP contribution in [0.1, 0.15) is 27.7 Å². The Bertz CT molecular complexity index is 99.8. The van der Waals surface area contributed by atoms with E-state index in [2.05, 4.69) is 16.4 Å². The average molecular weight is 145 g/mol. The Morgan fingerprint density at radius 1 is 1.50 bits per heavy atom. The van der Waals surface area contributed by atoms with Crippen LogP contribution in [0.4, 0.5) is 4.79 Å². The third-order valence-corrected chi connectivity index (χ3v) is 0.466. The molecule has 3 heteroatoms. The minimum Gasteiger partial charge on any atom is -0.445 e. The largest absolute Gasteiger partial charge is 0.445 e. The van der Waals surface area contributed by atoms with Gasteiger partial charge in [0.1, 0.15) is 0 Å². The Balaban J connectivity index is 0. The average Bonchev–Trinajstić information content (AvgIpc) is 1.91. The Labute approximate surface area is 62.1 Å². The molecule has 0 rings (SSSR count). The molecule has 0 aromatic rings. The Kier molecular flexibility index (Phi) is 9.67. The van der Waals surface area contributed by atoms with Crippen LogP contribution < -0.4 is 0 Å². The van der Waals surface area contributed by atoms with Crippen LogP contribution in [0.5, 0.6) is 0 Å². The second kappa shape index (κ2) is 8.14. The van der Waals surface area contributed by atoms with Crippen molar-refractivity contribution in [2.24, 2.45) is 4.99 Å². The van der Waals surface area contributed by atoms with Crippen LogP contribution in [0.2, 0.25) is 0 Å². The summed E-state index contributed by atoms with van der Waals surface area (Å²) < 4.78 is 4.53. The number of carbonyl (C=O) groups is 1. The zero-order valence-electron chi connectivity index (χ0n) is 7.05. The predicted molar refractivity (Wildman–Crippen MR) is 42.5 cm³/mol. The fourth-order valence-electron chi connectivity index (χ4n) is 0.239. The molecule has 0 unspecified atom stereocenters. The molecule has 10 heavy (non-hydrogen) atoms. The molecule has 0 saturated carbocycles. The first-order valence-electron chi connectivity index (χ1n) is 3.34. The molecule has 0 radical (unpaired) electrons. The third kappa shape index (κ3) is 10.2. The first kappa shape index (κ1) is 11.9. The van der Waals surface area contributed by atoms with E-state index >= 15 is 0 Å². The molecule has 0 aromatic heterocycles. The topological polar surface area (TPSA) is 38.7 Å². The molecule has 0 aliphatic heterocycles. The molecule has 0 aliphatic carbocycles. The second-order valence-electron chi connectivity index (χ2n) is 1.59. The highest BCUT2D eigenvalue weighted by Crippen LogP contribution is 1.89. The summed E-state index contributed by atoms with van der Waals surface area (Å²) in [6.07, 6.45) is -0.715. The lowest BCUT2D eigenvalue weighted by atomic mass is 10.5. The molecule has 0 bridgehead atoms. The normalized spacial score (nSPS) is 7.70. The monoisotopic (exact) mass is 145 g/mol. The first-order valence-corrected chi connectivity index (χ1v) is 3.34. The number of carbonyl (C=O) groups excluding carboxylic acids is 1. The summed E-state index contributed by atoms with van der Waals surface area (Å²) in [5.74, 6) is 0. The Hall–Kier alpha value is -0.860. The maximum absolute atomic E-state index is 10.2. The summed E-state index contributed by atoms with van der Waals surface area (Å²) in [5.41, 5.74) is 0. The van der Waals surface area contributed by atoms with Crippen molar-refractivity contribution in [3.63, 3.8) is 0 Å². The van der Waals surface area contributed by atoms with Crippen LogP contribution >= 0.6 is 0 Å². The van der Waals surface area contributed by atoms with Crippen molar-refractivity contribution >= 4 is 12.8 Å². The molecule has 0 saturated heterocycles. The zero-order chi connectivity index (χ0) is 8.57. The second-order valence-corrected chi connectivity index (χ2v) is 1.59. The molecular formula is C7H15NO2. The van der Waals surface area contributed by atoms with E-state index in [0.717, 1.165) is 0 Å². The van der Waals surface area contributed by atoms with E-state index in [1.54, 1.807) is 13.8 Å². The van der Waals surface area contributed by atoms with Gasteiger partial charge in [-0.1, -0.05) is 13.8 Å². The van der Waals surface area contributed by atoms with Gasteiger partial charge in [-0.25, -0.2) is 4.79 Å². The highest BCUT2D eigenvalue weighted by molar-refractivity contribution is 5.72. The van der Waals surface area contributed by atoms with Gasteiger partial charge in [-0.15, -0.1) is 0 Å². The van der Waals surface area contributed by atoms with Gasteiger partial charge in [0, 0.05) is 0 Å². The smallest absolute Gasteiger partial charge is 0.433 e. The number of amides is 1. The van der Waals surface area contributed by atoms with Gasteiger partial charge in [-0.3, -0.25) is 0 Å². The van der Waals surface area contributed by atoms with Crippen molar-refractivity contribution in [1.82, 2.24) is 0 Å². The van der Waals surface area contributed by atoms with Crippen molar-refractivity contribution in [3.8, 4) is 0 Å².